The minimum absolute atomic E-state index is 0.252. The molecule has 1 unspecified atom stereocenters. The summed E-state index contributed by atoms with van der Waals surface area (Å²) in [4.78, 5) is 2.09. The minimum atomic E-state index is -4.13. The Bertz CT molecular complexity index is 424. The van der Waals surface area contributed by atoms with E-state index in [1.807, 2.05) is 20.2 Å². The first kappa shape index (κ1) is 13.4. The Morgan fingerprint density at radius 2 is 2.00 bits per heavy atom. The fourth-order valence-corrected chi connectivity index (χ4v) is 2.70. The lowest BCUT2D eigenvalue weighted by Crippen LogP contribution is -2.24. The first-order valence-corrected chi connectivity index (χ1v) is 6.22. The van der Waals surface area contributed by atoms with Gasteiger partial charge in [0.05, 0.1) is 6.42 Å². The highest BCUT2D eigenvalue weighted by molar-refractivity contribution is 5.36. The van der Waals surface area contributed by atoms with Gasteiger partial charge in [-0.25, -0.2) is 0 Å². The molecular formula is C14H18F3N. The Balaban J connectivity index is 2.31. The van der Waals surface area contributed by atoms with Crippen molar-refractivity contribution in [2.45, 2.75) is 37.9 Å². The zero-order valence-corrected chi connectivity index (χ0v) is 10.7. The summed E-state index contributed by atoms with van der Waals surface area (Å²) in [7, 11) is 3.96. The quantitative estimate of drug-likeness (QED) is 0.780. The zero-order valence-electron chi connectivity index (χ0n) is 10.7. The molecule has 0 amide bonds. The Morgan fingerprint density at radius 3 is 2.61 bits per heavy atom. The molecule has 1 aromatic rings. The summed E-state index contributed by atoms with van der Waals surface area (Å²) in [6.07, 6.45) is -1.85. The van der Waals surface area contributed by atoms with Crippen LogP contribution in [-0.2, 0) is 12.8 Å². The predicted molar refractivity (Wildman–Crippen MR) is 65.6 cm³/mol. The van der Waals surface area contributed by atoms with Gasteiger partial charge in [0.2, 0.25) is 0 Å². The van der Waals surface area contributed by atoms with Gasteiger partial charge in [-0.2, -0.15) is 13.2 Å². The fraction of sp³-hybridized carbons (Fsp3) is 0.571. The summed E-state index contributed by atoms with van der Waals surface area (Å²) in [5.41, 5.74) is 2.65. The molecule has 100 valence electrons. The maximum atomic E-state index is 12.4. The van der Waals surface area contributed by atoms with Gasteiger partial charge in [0.25, 0.3) is 0 Å². The van der Waals surface area contributed by atoms with Gasteiger partial charge in [0.15, 0.2) is 0 Å². The molecule has 0 bridgehead atoms. The van der Waals surface area contributed by atoms with Gasteiger partial charge in [0, 0.05) is 6.04 Å². The van der Waals surface area contributed by atoms with E-state index in [9.17, 15) is 13.2 Å². The third kappa shape index (κ3) is 3.05. The molecule has 4 heteroatoms. The molecule has 0 saturated heterocycles. The molecule has 0 fully saturated rings. The van der Waals surface area contributed by atoms with Crippen molar-refractivity contribution in [1.82, 2.24) is 4.90 Å². The highest BCUT2D eigenvalue weighted by Crippen LogP contribution is 2.34. The van der Waals surface area contributed by atoms with Crippen LogP contribution in [0.3, 0.4) is 0 Å². The van der Waals surface area contributed by atoms with E-state index in [0.29, 0.717) is 5.56 Å². The van der Waals surface area contributed by atoms with Gasteiger partial charge in [-0.15, -0.1) is 0 Å². The number of nitrogens with zero attached hydrogens (tertiary/aromatic N) is 1. The Labute approximate surface area is 106 Å². The van der Waals surface area contributed by atoms with Crippen LogP contribution in [0.2, 0.25) is 0 Å². The maximum absolute atomic E-state index is 12.4. The number of hydrogen-bond acceptors (Lipinski definition) is 1. The molecule has 0 heterocycles. The van der Waals surface area contributed by atoms with Gasteiger partial charge in [0.1, 0.15) is 0 Å². The second-order valence-electron chi connectivity index (χ2n) is 5.20. The molecule has 0 saturated carbocycles. The van der Waals surface area contributed by atoms with Crippen LogP contribution >= 0.6 is 0 Å². The number of fused-ring (bicyclic) bond motifs is 1. The highest BCUT2D eigenvalue weighted by atomic mass is 19.4. The Kier molecular flexibility index (Phi) is 3.66. The van der Waals surface area contributed by atoms with Crippen LogP contribution in [0.15, 0.2) is 18.2 Å². The standard InChI is InChI=1S/C14H18F3N/c1-18(2)13-5-3-4-11-7-6-10(8-12(11)13)9-14(15,16)17/h6-8,13H,3-5,9H2,1-2H3. The van der Waals surface area contributed by atoms with Gasteiger partial charge >= 0.3 is 6.18 Å². The molecule has 1 nitrogen and oxygen atoms in total. The van der Waals surface area contributed by atoms with E-state index in [1.165, 1.54) is 5.56 Å². The van der Waals surface area contributed by atoms with Crippen molar-refractivity contribution in [3.63, 3.8) is 0 Å². The number of aryl methyl sites for hydroxylation is 1. The molecule has 2 rings (SSSR count). The normalized spacial score (nSPS) is 20.0. The SMILES string of the molecule is CN(C)C1CCCc2ccc(CC(F)(F)F)cc21. The summed E-state index contributed by atoms with van der Waals surface area (Å²) in [6, 6.07) is 5.48. The van der Waals surface area contributed by atoms with E-state index < -0.39 is 12.6 Å². The summed E-state index contributed by atoms with van der Waals surface area (Å²) in [5.74, 6) is 0. The van der Waals surface area contributed by atoms with Crippen molar-refractivity contribution in [3.05, 3.63) is 34.9 Å². The summed E-state index contributed by atoms with van der Waals surface area (Å²) in [6.45, 7) is 0. The van der Waals surface area contributed by atoms with Gasteiger partial charge in [-0.3, -0.25) is 0 Å². The van der Waals surface area contributed by atoms with E-state index in [-0.39, 0.29) is 6.04 Å². The first-order chi connectivity index (χ1) is 8.37. The molecule has 1 atom stereocenters. The van der Waals surface area contributed by atoms with Crippen molar-refractivity contribution >= 4 is 0 Å². The second kappa shape index (κ2) is 4.92. The largest absolute Gasteiger partial charge is 0.393 e. The van der Waals surface area contributed by atoms with Crippen LogP contribution in [0, 0.1) is 0 Å². The third-order valence-electron chi connectivity index (χ3n) is 3.52. The molecule has 0 spiro atoms. The topological polar surface area (TPSA) is 3.24 Å². The lowest BCUT2D eigenvalue weighted by atomic mass is 9.85. The maximum Gasteiger partial charge on any atom is 0.393 e. The van der Waals surface area contributed by atoms with Crippen molar-refractivity contribution in [3.8, 4) is 0 Å². The molecule has 0 radical (unpaired) electrons. The average molecular weight is 257 g/mol. The van der Waals surface area contributed by atoms with Crippen molar-refractivity contribution in [2.24, 2.45) is 0 Å². The summed E-state index contributed by atoms with van der Waals surface area (Å²) < 4.78 is 37.3. The molecule has 1 aromatic carbocycles. The van der Waals surface area contributed by atoms with Crippen molar-refractivity contribution in [2.75, 3.05) is 14.1 Å². The number of hydrogen-bond donors (Lipinski definition) is 0. The number of benzene rings is 1. The van der Waals surface area contributed by atoms with E-state index >= 15 is 0 Å². The van der Waals surface area contributed by atoms with Crippen LogP contribution < -0.4 is 0 Å². The lowest BCUT2D eigenvalue weighted by Gasteiger charge is -2.31. The molecule has 1 aliphatic rings. The monoisotopic (exact) mass is 257 g/mol. The van der Waals surface area contributed by atoms with E-state index in [2.05, 4.69) is 4.90 Å². The van der Waals surface area contributed by atoms with E-state index in [4.69, 9.17) is 0 Å². The van der Waals surface area contributed by atoms with Crippen LogP contribution in [0.1, 0.15) is 35.6 Å². The van der Waals surface area contributed by atoms with Crippen LogP contribution in [0.25, 0.3) is 0 Å². The number of alkyl halides is 3. The van der Waals surface area contributed by atoms with Gasteiger partial charge in [-0.1, -0.05) is 18.2 Å². The van der Waals surface area contributed by atoms with Gasteiger partial charge < -0.3 is 4.90 Å². The first-order valence-electron chi connectivity index (χ1n) is 6.22. The molecule has 0 aliphatic heterocycles. The Hall–Kier alpha value is -1.03. The molecule has 1 aliphatic carbocycles. The summed E-state index contributed by atoms with van der Waals surface area (Å²) in [5, 5.41) is 0. The van der Waals surface area contributed by atoms with Gasteiger partial charge in [-0.05, 0) is 50.0 Å². The van der Waals surface area contributed by atoms with Crippen molar-refractivity contribution < 1.29 is 13.2 Å². The Morgan fingerprint density at radius 1 is 1.28 bits per heavy atom. The van der Waals surface area contributed by atoms with E-state index in [0.717, 1.165) is 24.8 Å². The zero-order chi connectivity index (χ0) is 13.3. The average Bonchev–Trinajstić information content (AvgIpc) is 2.25. The minimum Gasteiger partial charge on any atom is -0.302 e. The lowest BCUT2D eigenvalue weighted by molar-refractivity contribution is -0.127. The van der Waals surface area contributed by atoms with Crippen molar-refractivity contribution in [1.29, 1.82) is 0 Å². The third-order valence-corrected chi connectivity index (χ3v) is 3.52. The molecule has 0 aromatic heterocycles. The number of rotatable bonds is 2. The van der Waals surface area contributed by atoms with E-state index in [1.54, 1.807) is 12.1 Å². The second-order valence-corrected chi connectivity index (χ2v) is 5.20. The van der Waals surface area contributed by atoms with Crippen LogP contribution in [-0.4, -0.2) is 25.2 Å². The predicted octanol–water partition coefficient (Wildman–Crippen LogP) is 3.73. The summed E-state index contributed by atoms with van der Waals surface area (Å²) >= 11 is 0. The highest BCUT2D eigenvalue weighted by Gasteiger charge is 2.29. The molecule has 18 heavy (non-hydrogen) atoms. The smallest absolute Gasteiger partial charge is 0.302 e. The molecule has 0 N–H and O–H groups in total. The molecular weight excluding hydrogens is 239 g/mol. The fourth-order valence-electron chi connectivity index (χ4n) is 2.70. The van der Waals surface area contributed by atoms with Crippen LogP contribution in [0.4, 0.5) is 13.2 Å². The number of halogens is 3. The van der Waals surface area contributed by atoms with Crippen LogP contribution in [0.5, 0.6) is 0 Å².